The van der Waals surface area contributed by atoms with Crippen LogP contribution >= 0.6 is 0 Å². The van der Waals surface area contributed by atoms with Gasteiger partial charge in [0, 0.05) is 18.8 Å². The minimum absolute atomic E-state index is 0.0796. The summed E-state index contributed by atoms with van der Waals surface area (Å²) < 4.78 is 0. The molecule has 88 valence electrons. The Hall–Kier alpha value is -2.43. The number of allylic oxidation sites excluding steroid dienone is 1. The van der Waals surface area contributed by atoms with Gasteiger partial charge in [0.2, 0.25) is 5.91 Å². The molecule has 1 aromatic carbocycles. The first-order valence-corrected chi connectivity index (χ1v) is 4.87. The maximum Gasteiger partial charge on any atom is 0.221 e. The van der Waals surface area contributed by atoms with Gasteiger partial charge in [0.15, 0.2) is 6.29 Å². The average Bonchev–Trinajstić information content (AvgIpc) is 2.32. The molecule has 1 aromatic rings. The highest BCUT2D eigenvalue weighted by molar-refractivity contribution is 6.02. The molecular weight excluding hydrogens is 220 g/mol. The van der Waals surface area contributed by atoms with E-state index in [1.807, 2.05) is 0 Å². The van der Waals surface area contributed by atoms with E-state index in [9.17, 15) is 9.59 Å². The topological polar surface area (TPSA) is 78.8 Å². The maximum atomic E-state index is 10.8. The Morgan fingerprint density at radius 1 is 1.35 bits per heavy atom. The lowest BCUT2D eigenvalue weighted by Gasteiger charge is -2.01. The normalized spacial score (nSPS) is 11.5. The smallest absolute Gasteiger partial charge is 0.221 e. The molecule has 0 spiro atoms. The molecule has 5 nitrogen and oxygen atoms in total. The van der Waals surface area contributed by atoms with E-state index in [0.29, 0.717) is 23.9 Å². The van der Waals surface area contributed by atoms with Crippen molar-refractivity contribution in [2.45, 2.75) is 6.92 Å². The van der Waals surface area contributed by atoms with Gasteiger partial charge in [0.05, 0.1) is 17.5 Å². The van der Waals surface area contributed by atoms with Crippen LogP contribution < -0.4 is 5.32 Å². The summed E-state index contributed by atoms with van der Waals surface area (Å²) in [6.07, 6.45) is 2.43. The predicted octanol–water partition coefficient (Wildman–Crippen LogP) is 1.99. The second kappa shape index (κ2) is 6.22. The molecule has 5 heteroatoms. The highest BCUT2D eigenvalue weighted by atomic mass is 16.2. The molecule has 0 bridgehead atoms. The van der Waals surface area contributed by atoms with Gasteiger partial charge in [-0.15, -0.1) is 0 Å². The van der Waals surface area contributed by atoms with Gasteiger partial charge >= 0.3 is 0 Å². The van der Waals surface area contributed by atoms with E-state index in [1.165, 1.54) is 13.1 Å². The van der Waals surface area contributed by atoms with Gasteiger partial charge in [-0.1, -0.05) is 0 Å². The number of anilines is 1. The average molecular weight is 232 g/mol. The van der Waals surface area contributed by atoms with Crippen LogP contribution in [0.2, 0.25) is 0 Å². The quantitative estimate of drug-likeness (QED) is 0.360. The van der Waals surface area contributed by atoms with Crippen molar-refractivity contribution in [1.82, 2.24) is 0 Å². The van der Waals surface area contributed by atoms with Gasteiger partial charge in [0.25, 0.3) is 0 Å². The Bertz CT molecular complexity index is 461. The molecule has 0 saturated carbocycles. The molecular formula is C12H12N2O3. The number of nitrogens with one attached hydrogen (secondary N) is 1. The number of aliphatic imine (C=N–C) groups is 1. The molecule has 0 aliphatic rings. The zero-order chi connectivity index (χ0) is 12.7. The number of rotatable bonds is 4. The lowest BCUT2D eigenvalue weighted by molar-refractivity contribution is -0.114. The number of hydrogen-bond acceptors (Lipinski definition) is 4. The number of nitrogens with zero attached hydrogens (tertiary/aromatic N) is 1. The molecule has 1 rings (SSSR count). The summed E-state index contributed by atoms with van der Waals surface area (Å²) in [5, 5.41) is 11.2. The van der Waals surface area contributed by atoms with Crippen LogP contribution in [-0.2, 0) is 9.59 Å². The van der Waals surface area contributed by atoms with Crippen LogP contribution in [0.3, 0.4) is 0 Å². The molecule has 0 heterocycles. The van der Waals surface area contributed by atoms with Crippen molar-refractivity contribution in [3.63, 3.8) is 0 Å². The van der Waals surface area contributed by atoms with Crippen molar-refractivity contribution < 1.29 is 14.7 Å². The molecule has 0 aliphatic heterocycles. The van der Waals surface area contributed by atoms with Crippen LogP contribution in [0.25, 0.3) is 0 Å². The third-order valence-electron chi connectivity index (χ3n) is 1.84. The number of benzene rings is 1. The molecule has 17 heavy (non-hydrogen) atoms. The zero-order valence-corrected chi connectivity index (χ0v) is 9.25. The fourth-order valence-corrected chi connectivity index (χ4v) is 1.08. The second-order valence-electron chi connectivity index (χ2n) is 3.23. The van der Waals surface area contributed by atoms with Gasteiger partial charge in [-0.25, -0.2) is 0 Å². The molecule has 0 fully saturated rings. The molecule has 1 amide bonds. The first-order chi connectivity index (χ1) is 8.15. The van der Waals surface area contributed by atoms with E-state index >= 15 is 0 Å². The van der Waals surface area contributed by atoms with Crippen molar-refractivity contribution in [1.29, 1.82) is 0 Å². The van der Waals surface area contributed by atoms with Crippen LogP contribution in [0.1, 0.15) is 6.92 Å². The molecule has 0 aromatic heterocycles. The highest BCUT2D eigenvalue weighted by Crippen LogP contribution is 2.15. The Morgan fingerprint density at radius 2 is 2.00 bits per heavy atom. The van der Waals surface area contributed by atoms with Crippen LogP contribution in [0.15, 0.2) is 41.1 Å². The lowest BCUT2D eigenvalue weighted by atomic mass is 10.3. The van der Waals surface area contributed by atoms with E-state index in [1.54, 1.807) is 24.3 Å². The van der Waals surface area contributed by atoms with Crippen molar-refractivity contribution in [2.75, 3.05) is 5.32 Å². The van der Waals surface area contributed by atoms with Crippen molar-refractivity contribution >= 4 is 29.8 Å². The minimum Gasteiger partial charge on any atom is -0.515 e. The summed E-state index contributed by atoms with van der Waals surface area (Å²) in [6, 6.07) is 6.75. The first-order valence-electron chi connectivity index (χ1n) is 4.87. The van der Waals surface area contributed by atoms with Crippen molar-refractivity contribution in [3.05, 3.63) is 36.1 Å². The number of aliphatic hydroxyl groups is 1. The van der Waals surface area contributed by atoms with E-state index < -0.39 is 0 Å². The van der Waals surface area contributed by atoms with E-state index in [2.05, 4.69) is 10.3 Å². The molecule has 0 atom stereocenters. The fraction of sp³-hybridized carbons (Fsp3) is 0.0833. The molecule has 0 aliphatic carbocycles. The molecule has 0 unspecified atom stereocenters. The molecule has 2 N–H and O–H groups in total. The van der Waals surface area contributed by atoms with Gasteiger partial charge in [-0.05, 0) is 24.3 Å². The lowest BCUT2D eigenvalue weighted by Crippen LogP contribution is -2.04. The highest BCUT2D eigenvalue weighted by Gasteiger charge is 1.95. The van der Waals surface area contributed by atoms with E-state index in [-0.39, 0.29) is 11.5 Å². The fourth-order valence-electron chi connectivity index (χ4n) is 1.08. The predicted molar refractivity (Wildman–Crippen MR) is 65.7 cm³/mol. The number of amides is 1. The first kappa shape index (κ1) is 12.6. The number of hydrogen-bond donors (Lipinski definition) is 2. The summed E-state index contributed by atoms with van der Waals surface area (Å²) in [4.78, 5) is 25.1. The van der Waals surface area contributed by atoms with Crippen LogP contribution in [-0.4, -0.2) is 23.5 Å². The number of carbonyl (C=O) groups is 2. The monoisotopic (exact) mass is 232 g/mol. The summed E-state index contributed by atoms with van der Waals surface area (Å²) >= 11 is 0. The number of aliphatic hydroxyl groups excluding tert-OH is 1. The minimum atomic E-state index is -0.146. The Kier molecular flexibility index (Phi) is 4.62. The largest absolute Gasteiger partial charge is 0.515 e. The van der Waals surface area contributed by atoms with Gasteiger partial charge < -0.3 is 10.4 Å². The molecule has 0 radical (unpaired) electrons. The second-order valence-corrected chi connectivity index (χ2v) is 3.23. The summed E-state index contributed by atoms with van der Waals surface area (Å²) in [7, 11) is 0. The Labute approximate surface area is 98.5 Å². The van der Waals surface area contributed by atoms with Crippen molar-refractivity contribution in [2.24, 2.45) is 4.99 Å². The van der Waals surface area contributed by atoms with Crippen LogP contribution in [0.5, 0.6) is 0 Å². The standard InChI is InChI=1S/C12H12N2O3/c1-9(17)14-12-4-2-11(3-5-12)13-6-10(7-15)8-16/h2-8,15H,1H3,(H,14,17)/b10-7+,13-6?. The summed E-state index contributed by atoms with van der Waals surface area (Å²) in [6.45, 7) is 1.43. The van der Waals surface area contributed by atoms with Gasteiger partial charge in [-0.2, -0.15) is 0 Å². The summed E-state index contributed by atoms with van der Waals surface area (Å²) in [5.41, 5.74) is 1.36. The van der Waals surface area contributed by atoms with E-state index in [4.69, 9.17) is 5.11 Å². The third kappa shape index (κ3) is 4.29. The van der Waals surface area contributed by atoms with Crippen molar-refractivity contribution in [3.8, 4) is 0 Å². The maximum absolute atomic E-state index is 10.8. The van der Waals surface area contributed by atoms with Crippen LogP contribution in [0.4, 0.5) is 11.4 Å². The van der Waals surface area contributed by atoms with E-state index in [0.717, 1.165) is 0 Å². The Balaban J connectivity index is 2.74. The SMILES string of the molecule is CC(=O)Nc1ccc(N=C/C(C=O)=C\O)cc1. The van der Waals surface area contributed by atoms with Gasteiger partial charge in [0.1, 0.15) is 0 Å². The Morgan fingerprint density at radius 3 is 2.47 bits per heavy atom. The van der Waals surface area contributed by atoms with Gasteiger partial charge in [-0.3, -0.25) is 14.6 Å². The number of carbonyl (C=O) groups excluding carboxylic acids is 2. The zero-order valence-electron chi connectivity index (χ0n) is 9.25. The molecule has 0 saturated heterocycles. The third-order valence-corrected chi connectivity index (χ3v) is 1.84. The number of aldehydes is 1. The van der Waals surface area contributed by atoms with Crippen LogP contribution in [0, 0.1) is 0 Å². The summed E-state index contributed by atoms with van der Waals surface area (Å²) in [5.74, 6) is -0.146.